The van der Waals surface area contributed by atoms with Crippen LogP contribution in [0.4, 0.5) is 4.39 Å². The number of amides is 2. The summed E-state index contributed by atoms with van der Waals surface area (Å²) in [4.78, 5) is 28.0. The number of hydrogen-bond acceptors (Lipinski definition) is 2. The van der Waals surface area contributed by atoms with Gasteiger partial charge in [0.1, 0.15) is 11.9 Å². The first-order valence-electron chi connectivity index (χ1n) is 10.9. The monoisotopic (exact) mass is 410 g/mol. The molecule has 5 heteroatoms. The summed E-state index contributed by atoms with van der Waals surface area (Å²) in [5, 5.41) is 3.13. The smallest absolute Gasteiger partial charge is 0.243 e. The highest BCUT2D eigenvalue weighted by atomic mass is 19.1. The summed E-state index contributed by atoms with van der Waals surface area (Å²) in [7, 11) is 0. The average molecular weight is 411 g/mol. The van der Waals surface area contributed by atoms with E-state index < -0.39 is 11.9 Å². The molecule has 30 heavy (non-hydrogen) atoms. The van der Waals surface area contributed by atoms with E-state index in [4.69, 9.17) is 0 Å². The van der Waals surface area contributed by atoms with Gasteiger partial charge in [-0.05, 0) is 43.4 Å². The zero-order valence-corrected chi connectivity index (χ0v) is 17.9. The summed E-state index contributed by atoms with van der Waals surface area (Å²) < 4.78 is 14.2. The second-order valence-electron chi connectivity index (χ2n) is 8.19. The second-order valence-corrected chi connectivity index (χ2v) is 8.19. The molecular formula is C25H31FN2O2. The van der Waals surface area contributed by atoms with E-state index in [1.165, 1.54) is 6.07 Å². The van der Waals surface area contributed by atoms with Gasteiger partial charge in [-0.15, -0.1) is 0 Å². The van der Waals surface area contributed by atoms with Crippen LogP contribution in [0.3, 0.4) is 0 Å². The third kappa shape index (κ3) is 5.68. The predicted octanol–water partition coefficient (Wildman–Crippen LogP) is 4.54. The number of hydrogen-bond donors (Lipinski definition) is 1. The Morgan fingerprint density at radius 1 is 1.13 bits per heavy atom. The van der Waals surface area contributed by atoms with Crippen molar-refractivity contribution < 1.29 is 14.0 Å². The molecule has 0 bridgehead atoms. The standard InChI is InChI=1S/C25H31FN2O2/c1-3-23(25(30)27-21-12-5-6-13-21)28(17-19-10-8-9-18(2)15-19)24(29)16-20-11-4-7-14-22(20)26/h4,7-11,14-15,21,23H,3,5-6,12-13,16-17H2,1-2H3,(H,27,30)/t23-/m1/s1. The molecule has 2 aromatic carbocycles. The van der Waals surface area contributed by atoms with Crippen molar-refractivity contribution in [1.82, 2.24) is 10.2 Å². The third-order valence-electron chi connectivity index (χ3n) is 5.82. The van der Waals surface area contributed by atoms with Gasteiger partial charge in [0.2, 0.25) is 11.8 Å². The number of nitrogens with one attached hydrogen (secondary N) is 1. The fourth-order valence-electron chi connectivity index (χ4n) is 4.20. The number of carbonyl (C=O) groups is 2. The zero-order valence-electron chi connectivity index (χ0n) is 17.9. The third-order valence-corrected chi connectivity index (χ3v) is 5.82. The summed E-state index contributed by atoms with van der Waals surface area (Å²) in [6.45, 7) is 4.24. The number of aryl methyl sites for hydroxylation is 1. The molecule has 1 aliphatic rings. The summed E-state index contributed by atoms with van der Waals surface area (Å²) in [6, 6.07) is 13.8. The molecule has 2 amide bonds. The highest BCUT2D eigenvalue weighted by Crippen LogP contribution is 2.20. The topological polar surface area (TPSA) is 49.4 Å². The van der Waals surface area contributed by atoms with Gasteiger partial charge in [0.15, 0.2) is 0 Å². The predicted molar refractivity (Wildman–Crippen MR) is 116 cm³/mol. The largest absolute Gasteiger partial charge is 0.352 e. The van der Waals surface area contributed by atoms with E-state index in [1.54, 1.807) is 23.1 Å². The van der Waals surface area contributed by atoms with Gasteiger partial charge < -0.3 is 10.2 Å². The minimum absolute atomic E-state index is 0.0638. The fourth-order valence-corrected chi connectivity index (χ4v) is 4.20. The van der Waals surface area contributed by atoms with Crippen LogP contribution in [0.1, 0.15) is 55.7 Å². The quantitative estimate of drug-likeness (QED) is 0.694. The van der Waals surface area contributed by atoms with E-state index in [0.29, 0.717) is 18.5 Å². The molecule has 4 nitrogen and oxygen atoms in total. The van der Waals surface area contributed by atoms with Gasteiger partial charge in [-0.2, -0.15) is 0 Å². The van der Waals surface area contributed by atoms with Gasteiger partial charge in [0, 0.05) is 12.6 Å². The Hall–Kier alpha value is -2.69. The van der Waals surface area contributed by atoms with Crippen molar-refractivity contribution in [2.75, 3.05) is 0 Å². The molecule has 3 rings (SSSR count). The molecule has 0 aromatic heterocycles. The Bertz CT molecular complexity index is 877. The molecule has 2 aromatic rings. The first kappa shape index (κ1) is 22.0. The van der Waals surface area contributed by atoms with E-state index in [0.717, 1.165) is 36.8 Å². The highest BCUT2D eigenvalue weighted by molar-refractivity contribution is 5.88. The van der Waals surface area contributed by atoms with Crippen LogP contribution in [-0.4, -0.2) is 28.8 Å². The van der Waals surface area contributed by atoms with E-state index in [1.807, 2.05) is 38.1 Å². The maximum absolute atomic E-state index is 14.2. The molecule has 1 aliphatic carbocycles. The van der Waals surface area contributed by atoms with Crippen LogP contribution >= 0.6 is 0 Å². The van der Waals surface area contributed by atoms with Crippen LogP contribution in [0.25, 0.3) is 0 Å². The molecule has 0 saturated heterocycles. The summed E-state index contributed by atoms with van der Waals surface area (Å²) in [6.07, 6.45) is 4.67. The number of rotatable bonds is 8. The SMILES string of the molecule is CC[C@H](C(=O)NC1CCCC1)N(Cc1cccc(C)c1)C(=O)Cc1ccccc1F. The van der Waals surface area contributed by atoms with Gasteiger partial charge >= 0.3 is 0 Å². The van der Waals surface area contributed by atoms with Crippen molar-refractivity contribution >= 4 is 11.8 Å². The lowest BCUT2D eigenvalue weighted by molar-refractivity contribution is -0.141. The Balaban J connectivity index is 1.83. The summed E-state index contributed by atoms with van der Waals surface area (Å²) >= 11 is 0. The van der Waals surface area contributed by atoms with Gasteiger partial charge in [0.05, 0.1) is 6.42 Å². The van der Waals surface area contributed by atoms with Crippen molar-refractivity contribution in [2.24, 2.45) is 0 Å². The molecule has 1 N–H and O–H groups in total. The average Bonchev–Trinajstić information content (AvgIpc) is 3.22. The van der Waals surface area contributed by atoms with Gasteiger partial charge in [-0.3, -0.25) is 9.59 Å². The van der Waals surface area contributed by atoms with E-state index in [9.17, 15) is 14.0 Å². The van der Waals surface area contributed by atoms with Crippen molar-refractivity contribution in [3.05, 3.63) is 71.0 Å². The lowest BCUT2D eigenvalue weighted by Crippen LogP contribution is -2.51. The molecule has 0 spiro atoms. The zero-order chi connectivity index (χ0) is 21.5. The number of carbonyl (C=O) groups excluding carboxylic acids is 2. The molecule has 0 heterocycles. The van der Waals surface area contributed by atoms with Crippen LogP contribution in [0, 0.1) is 12.7 Å². The Kier molecular flexibility index (Phi) is 7.61. The Morgan fingerprint density at radius 2 is 1.87 bits per heavy atom. The van der Waals surface area contributed by atoms with Gasteiger partial charge in [-0.25, -0.2) is 4.39 Å². The molecule has 0 radical (unpaired) electrons. The summed E-state index contributed by atoms with van der Waals surface area (Å²) in [5.74, 6) is -0.751. The molecule has 1 fully saturated rings. The summed E-state index contributed by atoms with van der Waals surface area (Å²) in [5.41, 5.74) is 2.41. The van der Waals surface area contributed by atoms with Crippen LogP contribution < -0.4 is 5.32 Å². The molecule has 1 atom stereocenters. The van der Waals surface area contributed by atoms with Crippen LogP contribution in [0.15, 0.2) is 48.5 Å². The number of halogens is 1. The molecule has 1 saturated carbocycles. The van der Waals surface area contributed by atoms with E-state index in [-0.39, 0.29) is 24.3 Å². The molecule has 0 unspecified atom stereocenters. The fraction of sp³-hybridized carbons (Fsp3) is 0.440. The molecular weight excluding hydrogens is 379 g/mol. The van der Waals surface area contributed by atoms with E-state index in [2.05, 4.69) is 5.32 Å². The minimum atomic E-state index is -0.578. The normalized spacial score (nSPS) is 15.0. The highest BCUT2D eigenvalue weighted by Gasteiger charge is 2.30. The first-order chi connectivity index (χ1) is 14.5. The van der Waals surface area contributed by atoms with Crippen molar-refractivity contribution in [3.8, 4) is 0 Å². The maximum Gasteiger partial charge on any atom is 0.243 e. The van der Waals surface area contributed by atoms with Crippen molar-refractivity contribution in [1.29, 1.82) is 0 Å². The number of nitrogens with zero attached hydrogens (tertiary/aromatic N) is 1. The first-order valence-corrected chi connectivity index (χ1v) is 10.9. The van der Waals surface area contributed by atoms with Crippen molar-refractivity contribution in [3.63, 3.8) is 0 Å². The Morgan fingerprint density at radius 3 is 2.53 bits per heavy atom. The van der Waals surface area contributed by atoms with Gasteiger partial charge in [-0.1, -0.05) is 67.8 Å². The number of benzene rings is 2. The maximum atomic E-state index is 14.2. The van der Waals surface area contributed by atoms with Gasteiger partial charge in [0.25, 0.3) is 0 Å². The van der Waals surface area contributed by atoms with Crippen LogP contribution in [0.2, 0.25) is 0 Å². The van der Waals surface area contributed by atoms with Crippen LogP contribution in [0.5, 0.6) is 0 Å². The molecule has 160 valence electrons. The van der Waals surface area contributed by atoms with E-state index >= 15 is 0 Å². The second kappa shape index (κ2) is 10.4. The molecule has 0 aliphatic heterocycles. The lowest BCUT2D eigenvalue weighted by atomic mass is 10.0. The minimum Gasteiger partial charge on any atom is -0.352 e. The Labute approximate surface area is 178 Å². The van der Waals surface area contributed by atoms with Crippen LogP contribution in [-0.2, 0) is 22.6 Å². The lowest BCUT2D eigenvalue weighted by Gasteiger charge is -2.31. The van der Waals surface area contributed by atoms with Crippen molar-refractivity contribution in [2.45, 2.75) is 71.0 Å².